The fraction of sp³-hybridized carbons (Fsp3) is 0.105. The first-order valence-electron chi connectivity index (χ1n) is 8.08. The second-order valence-electron chi connectivity index (χ2n) is 5.67. The fourth-order valence-electron chi connectivity index (χ4n) is 2.71. The highest BCUT2D eigenvalue weighted by atomic mass is 15.1. The molecule has 0 radical (unpaired) electrons. The minimum Gasteiger partial charge on any atom is -0.388 e. The number of nitrogens with one attached hydrogen (secondary N) is 2. The summed E-state index contributed by atoms with van der Waals surface area (Å²) >= 11 is 0. The van der Waals surface area contributed by atoms with E-state index >= 15 is 0 Å². The minimum absolute atomic E-state index is 0.665. The standard InChI is InChI=1S/C19H18N6/c1-20-16-4-2-3-15(11-16)17-13-25-10-9-22-19(25)18(24-17)23-12-14-5-7-21-8-6-14/h2-11,13,20H,12H2,1H3,(H,23,24). The zero-order chi connectivity index (χ0) is 17.1. The molecule has 0 fully saturated rings. The Balaban J connectivity index is 1.71. The van der Waals surface area contributed by atoms with E-state index in [1.54, 1.807) is 18.6 Å². The van der Waals surface area contributed by atoms with Crippen molar-refractivity contribution in [3.8, 4) is 11.3 Å². The number of benzene rings is 1. The van der Waals surface area contributed by atoms with Gasteiger partial charge in [0.1, 0.15) is 0 Å². The number of fused-ring (bicyclic) bond motifs is 1. The van der Waals surface area contributed by atoms with Crippen LogP contribution in [-0.4, -0.2) is 26.4 Å². The van der Waals surface area contributed by atoms with Gasteiger partial charge in [0.25, 0.3) is 0 Å². The molecule has 0 aliphatic rings. The van der Waals surface area contributed by atoms with Crippen LogP contribution < -0.4 is 10.6 Å². The van der Waals surface area contributed by atoms with Gasteiger partial charge < -0.3 is 15.0 Å². The number of rotatable bonds is 5. The topological polar surface area (TPSA) is 67.1 Å². The summed E-state index contributed by atoms with van der Waals surface area (Å²) in [4.78, 5) is 13.3. The highest BCUT2D eigenvalue weighted by Gasteiger charge is 2.09. The molecular weight excluding hydrogens is 312 g/mol. The number of hydrogen-bond acceptors (Lipinski definition) is 5. The van der Waals surface area contributed by atoms with Crippen molar-refractivity contribution in [1.82, 2.24) is 19.4 Å². The lowest BCUT2D eigenvalue weighted by Crippen LogP contribution is -2.05. The smallest absolute Gasteiger partial charge is 0.180 e. The van der Waals surface area contributed by atoms with Crippen LogP contribution in [0.25, 0.3) is 16.9 Å². The van der Waals surface area contributed by atoms with Crippen LogP contribution in [0.2, 0.25) is 0 Å². The van der Waals surface area contributed by atoms with Crippen LogP contribution in [0.3, 0.4) is 0 Å². The van der Waals surface area contributed by atoms with Crippen molar-refractivity contribution in [3.63, 3.8) is 0 Å². The normalized spacial score (nSPS) is 10.8. The third-order valence-corrected chi connectivity index (χ3v) is 4.03. The second kappa shape index (κ2) is 6.60. The average Bonchev–Trinajstić information content (AvgIpc) is 3.15. The number of hydrogen-bond donors (Lipinski definition) is 2. The van der Waals surface area contributed by atoms with Gasteiger partial charge >= 0.3 is 0 Å². The third kappa shape index (κ3) is 3.14. The van der Waals surface area contributed by atoms with Gasteiger partial charge in [-0.05, 0) is 29.8 Å². The number of imidazole rings is 1. The van der Waals surface area contributed by atoms with Gasteiger partial charge in [0.05, 0.1) is 5.69 Å². The van der Waals surface area contributed by atoms with E-state index in [0.29, 0.717) is 6.54 Å². The lowest BCUT2D eigenvalue weighted by atomic mass is 10.1. The molecule has 6 nitrogen and oxygen atoms in total. The van der Waals surface area contributed by atoms with Crippen LogP contribution >= 0.6 is 0 Å². The van der Waals surface area contributed by atoms with Crippen LogP contribution in [0.5, 0.6) is 0 Å². The van der Waals surface area contributed by atoms with E-state index in [1.165, 1.54) is 0 Å². The summed E-state index contributed by atoms with van der Waals surface area (Å²) in [6, 6.07) is 12.1. The van der Waals surface area contributed by atoms with Crippen LogP contribution in [-0.2, 0) is 6.54 Å². The Bertz CT molecular complexity index is 993. The molecule has 6 heteroatoms. The third-order valence-electron chi connectivity index (χ3n) is 4.03. The first-order valence-corrected chi connectivity index (χ1v) is 8.08. The Morgan fingerprint density at radius 1 is 1.08 bits per heavy atom. The molecule has 0 aliphatic carbocycles. The lowest BCUT2D eigenvalue weighted by Gasteiger charge is -2.11. The maximum atomic E-state index is 4.80. The SMILES string of the molecule is CNc1cccc(-c2cn3ccnc3c(NCc3ccncc3)n2)c1. The quantitative estimate of drug-likeness (QED) is 0.587. The first kappa shape index (κ1) is 15.1. The van der Waals surface area contributed by atoms with Crippen molar-refractivity contribution in [3.05, 3.63) is 72.9 Å². The highest BCUT2D eigenvalue weighted by molar-refractivity contribution is 5.71. The van der Waals surface area contributed by atoms with Gasteiger partial charge in [-0.25, -0.2) is 9.97 Å². The molecule has 25 heavy (non-hydrogen) atoms. The van der Waals surface area contributed by atoms with Gasteiger partial charge in [-0.15, -0.1) is 0 Å². The van der Waals surface area contributed by atoms with Crippen molar-refractivity contribution < 1.29 is 0 Å². The van der Waals surface area contributed by atoms with Gasteiger partial charge in [0.15, 0.2) is 11.5 Å². The van der Waals surface area contributed by atoms with Crippen molar-refractivity contribution in [2.24, 2.45) is 0 Å². The van der Waals surface area contributed by atoms with Gasteiger partial charge in [-0.2, -0.15) is 0 Å². The summed E-state index contributed by atoms with van der Waals surface area (Å²) in [6.07, 6.45) is 9.28. The molecule has 0 amide bonds. The predicted molar refractivity (Wildman–Crippen MR) is 99.5 cm³/mol. The summed E-state index contributed by atoms with van der Waals surface area (Å²) in [5.74, 6) is 0.758. The zero-order valence-electron chi connectivity index (χ0n) is 13.8. The summed E-state index contributed by atoms with van der Waals surface area (Å²) in [5, 5.41) is 6.55. The molecule has 4 aromatic rings. The van der Waals surface area contributed by atoms with Crippen LogP contribution in [0.4, 0.5) is 11.5 Å². The van der Waals surface area contributed by atoms with Gasteiger partial charge in [-0.3, -0.25) is 4.98 Å². The van der Waals surface area contributed by atoms with E-state index in [-0.39, 0.29) is 0 Å². The molecule has 3 heterocycles. The van der Waals surface area contributed by atoms with Crippen molar-refractivity contribution in [2.45, 2.75) is 6.54 Å². The monoisotopic (exact) mass is 330 g/mol. The van der Waals surface area contributed by atoms with E-state index < -0.39 is 0 Å². The second-order valence-corrected chi connectivity index (χ2v) is 5.67. The molecule has 4 rings (SSSR count). The maximum Gasteiger partial charge on any atom is 0.180 e. The van der Waals surface area contributed by atoms with E-state index in [9.17, 15) is 0 Å². The molecule has 0 bridgehead atoms. The molecule has 0 unspecified atom stereocenters. The Kier molecular flexibility index (Phi) is 4.00. The van der Waals surface area contributed by atoms with Gasteiger partial charge in [0, 0.05) is 55.8 Å². The molecule has 1 aromatic carbocycles. The van der Waals surface area contributed by atoms with E-state index in [2.05, 4.69) is 32.7 Å². The van der Waals surface area contributed by atoms with Crippen LogP contribution in [0, 0.1) is 0 Å². The van der Waals surface area contributed by atoms with Gasteiger partial charge in [0.2, 0.25) is 0 Å². The highest BCUT2D eigenvalue weighted by Crippen LogP contribution is 2.24. The van der Waals surface area contributed by atoms with E-state index in [1.807, 2.05) is 48.1 Å². The zero-order valence-corrected chi connectivity index (χ0v) is 13.8. The van der Waals surface area contributed by atoms with E-state index in [0.717, 1.165) is 34.0 Å². The van der Waals surface area contributed by atoms with Crippen molar-refractivity contribution >= 4 is 17.2 Å². The van der Waals surface area contributed by atoms with Gasteiger partial charge in [-0.1, -0.05) is 12.1 Å². The minimum atomic E-state index is 0.665. The fourth-order valence-corrected chi connectivity index (χ4v) is 2.71. The van der Waals surface area contributed by atoms with E-state index in [4.69, 9.17) is 4.98 Å². The molecule has 2 N–H and O–H groups in total. The Morgan fingerprint density at radius 3 is 2.80 bits per heavy atom. The lowest BCUT2D eigenvalue weighted by molar-refractivity contribution is 1.07. The van der Waals surface area contributed by atoms with Crippen molar-refractivity contribution in [2.75, 3.05) is 17.7 Å². The molecule has 0 saturated heterocycles. The number of anilines is 2. The van der Waals surface area contributed by atoms with Crippen LogP contribution in [0.1, 0.15) is 5.56 Å². The molecule has 3 aromatic heterocycles. The van der Waals surface area contributed by atoms with Crippen molar-refractivity contribution in [1.29, 1.82) is 0 Å². The summed E-state index contributed by atoms with van der Waals surface area (Å²) in [5.41, 5.74) is 4.94. The molecular formula is C19H18N6. The molecule has 0 spiro atoms. The summed E-state index contributed by atoms with van der Waals surface area (Å²) in [6.45, 7) is 0.665. The largest absolute Gasteiger partial charge is 0.388 e. The Morgan fingerprint density at radius 2 is 1.96 bits per heavy atom. The Labute approximate surface area is 145 Å². The van der Waals surface area contributed by atoms with Crippen LogP contribution in [0.15, 0.2) is 67.4 Å². The molecule has 0 aliphatic heterocycles. The maximum absolute atomic E-state index is 4.80. The summed E-state index contributed by atoms with van der Waals surface area (Å²) in [7, 11) is 1.91. The molecule has 0 atom stereocenters. The summed E-state index contributed by atoms with van der Waals surface area (Å²) < 4.78 is 1.99. The Hall–Kier alpha value is -3.41. The molecule has 124 valence electrons. The first-order chi connectivity index (χ1) is 12.3. The average molecular weight is 330 g/mol. The number of aromatic nitrogens is 4. The molecule has 0 saturated carbocycles. The predicted octanol–water partition coefficient (Wildman–Crippen LogP) is 3.45. The number of pyridine rings is 1. The number of nitrogens with zero attached hydrogens (tertiary/aromatic N) is 4.